The first-order valence-electron chi connectivity index (χ1n) is 6.58. The van der Waals surface area contributed by atoms with E-state index in [0.717, 1.165) is 11.3 Å². The number of nitrogens with two attached hydrogens (primary N) is 1. The van der Waals surface area contributed by atoms with Crippen LogP contribution in [0.4, 0.5) is 4.39 Å². The third-order valence-corrected chi connectivity index (χ3v) is 2.87. The highest BCUT2D eigenvalue weighted by Gasteiger charge is 2.11. The number of benzene rings is 2. The molecule has 0 amide bonds. The second-order valence-corrected chi connectivity index (χ2v) is 4.30. The van der Waals surface area contributed by atoms with E-state index in [-0.39, 0.29) is 11.9 Å². The first kappa shape index (κ1) is 14.3. The van der Waals surface area contributed by atoms with E-state index >= 15 is 0 Å². The normalized spacial score (nSPS) is 11.9. The van der Waals surface area contributed by atoms with Crippen LogP contribution in [-0.2, 0) is 0 Å². The van der Waals surface area contributed by atoms with Gasteiger partial charge in [-0.05, 0) is 48.9 Å². The Labute approximate surface area is 118 Å². The van der Waals surface area contributed by atoms with Gasteiger partial charge in [-0.2, -0.15) is 0 Å². The third kappa shape index (κ3) is 3.71. The molecule has 106 valence electrons. The second kappa shape index (κ2) is 6.91. The van der Waals surface area contributed by atoms with Crippen LogP contribution in [0.25, 0.3) is 0 Å². The summed E-state index contributed by atoms with van der Waals surface area (Å²) in [5, 5.41) is 0. The molecule has 3 nitrogen and oxygen atoms in total. The van der Waals surface area contributed by atoms with Crippen molar-refractivity contribution >= 4 is 0 Å². The molecule has 0 saturated heterocycles. The van der Waals surface area contributed by atoms with Crippen molar-refractivity contribution in [2.45, 2.75) is 13.0 Å². The lowest BCUT2D eigenvalue weighted by Crippen LogP contribution is -2.18. The molecule has 2 aromatic rings. The SMILES string of the molecule is CCOc1ccc(OC(CN)c2ccc(F)cc2)cc1. The summed E-state index contributed by atoms with van der Waals surface area (Å²) < 4.78 is 24.1. The summed E-state index contributed by atoms with van der Waals surface area (Å²) in [4.78, 5) is 0. The summed E-state index contributed by atoms with van der Waals surface area (Å²) in [6.45, 7) is 2.88. The Kier molecular flexibility index (Phi) is 4.96. The van der Waals surface area contributed by atoms with Crippen LogP contribution in [0.1, 0.15) is 18.6 Å². The molecule has 1 atom stereocenters. The van der Waals surface area contributed by atoms with Gasteiger partial charge in [-0.25, -0.2) is 4.39 Å². The van der Waals surface area contributed by atoms with E-state index in [1.807, 2.05) is 31.2 Å². The minimum absolute atomic E-state index is 0.273. The van der Waals surface area contributed by atoms with Gasteiger partial charge in [0, 0.05) is 6.54 Å². The molecular weight excluding hydrogens is 257 g/mol. The fourth-order valence-corrected chi connectivity index (χ4v) is 1.88. The largest absolute Gasteiger partial charge is 0.494 e. The van der Waals surface area contributed by atoms with Crippen molar-refractivity contribution in [1.29, 1.82) is 0 Å². The van der Waals surface area contributed by atoms with Gasteiger partial charge < -0.3 is 15.2 Å². The zero-order valence-corrected chi connectivity index (χ0v) is 11.4. The van der Waals surface area contributed by atoms with Gasteiger partial charge in [-0.3, -0.25) is 0 Å². The van der Waals surface area contributed by atoms with Crippen LogP contribution in [0, 0.1) is 5.82 Å². The maximum atomic E-state index is 12.9. The maximum Gasteiger partial charge on any atom is 0.136 e. The quantitative estimate of drug-likeness (QED) is 0.879. The Morgan fingerprint density at radius 1 is 1.00 bits per heavy atom. The van der Waals surface area contributed by atoms with Crippen LogP contribution in [0.2, 0.25) is 0 Å². The standard InChI is InChI=1S/C16H18FNO2/c1-2-19-14-7-9-15(10-8-14)20-16(11-18)12-3-5-13(17)6-4-12/h3-10,16H,2,11,18H2,1H3. The zero-order chi connectivity index (χ0) is 14.4. The summed E-state index contributed by atoms with van der Waals surface area (Å²) in [7, 11) is 0. The molecule has 0 spiro atoms. The summed E-state index contributed by atoms with van der Waals surface area (Å²) in [5.74, 6) is 1.23. The van der Waals surface area contributed by atoms with E-state index < -0.39 is 0 Å². The van der Waals surface area contributed by atoms with E-state index in [2.05, 4.69) is 0 Å². The van der Waals surface area contributed by atoms with Gasteiger partial charge >= 0.3 is 0 Å². The highest BCUT2D eigenvalue weighted by molar-refractivity contribution is 5.32. The van der Waals surface area contributed by atoms with E-state index in [4.69, 9.17) is 15.2 Å². The van der Waals surface area contributed by atoms with E-state index in [1.165, 1.54) is 12.1 Å². The molecule has 4 heteroatoms. The lowest BCUT2D eigenvalue weighted by atomic mass is 10.1. The molecular formula is C16H18FNO2. The summed E-state index contributed by atoms with van der Waals surface area (Å²) in [5.41, 5.74) is 6.57. The van der Waals surface area contributed by atoms with Crippen molar-refractivity contribution in [2.75, 3.05) is 13.2 Å². The van der Waals surface area contributed by atoms with Crippen molar-refractivity contribution in [1.82, 2.24) is 0 Å². The van der Waals surface area contributed by atoms with E-state index in [9.17, 15) is 4.39 Å². The van der Waals surface area contributed by atoms with Crippen molar-refractivity contribution in [3.8, 4) is 11.5 Å². The molecule has 2 rings (SSSR count). The fourth-order valence-electron chi connectivity index (χ4n) is 1.88. The second-order valence-electron chi connectivity index (χ2n) is 4.30. The summed E-state index contributed by atoms with van der Waals surface area (Å²) in [6.07, 6.45) is -0.298. The maximum absolute atomic E-state index is 12.9. The molecule has 2 aromatic carbocycles. The van der Waals surface area contributed by atoms with Crippen molar-refractivity contribution in [2.24, 2.45) is 5.73 Å². The number of hydrogen-bond acceptors (Lipinski definition) is 3. The minimum atomic E-state index is -0.298. The Morgan fingerprint density at radius 3 is 2.15 bits per heavy atom. The van der Waals surface area contributed by atoms with Crippen LogP contribution >= 0.6 is 0 Å². The van der Waals surface area contributed by atoms with Crippen molar-refractivity contribution < 1.29 is 13.9 Å². The lowest BCUT2D eigenvalue weighted by Gasteiger charge is -2.18. The molecule has 0 aliphatic rings. The molecule has 0 heterocycles. The Balaban J connectivity index is 2.07. The van der Waals surface area contributed by atoms with Gasteiger partial charge in [-0.1, -0.05) is 12.1 Å². The topological polar surface area (TPSA) is 44.5 Å². The first-order chi connectivity index (χ1) is 9.72. The van der Waals surface area contributed by atoms with Crippen LogP contribution in [0.15, 0.2) is 48.5 Å². The van der Waals surface area contributed by atoms with Gasteiger partial charge in [0.05, 0.1) is 6.61 Å². The molecule has 20 heavy (non-hydrogen) atoms. The summed E-state index contributed by atoms with van der Waals surface area (Å²) >= 11 is 0. The minimum Gasteiger partial charge on any atom is -0.494 e. The Morgan fingerprint density at radius 2 is 1.60 bits per heavy atom. The fraction of sp³-hybridized carbons (Fsp3) is 0.250. The molecule has 0 radical (unpaired) electrons. The predicted molar refractivity (Wildman–Crippen MR) is 76.4 cm³/mol. The van der Waals surface area contributed by atoms with Crippen LogP contribution in [0.3, 0.4) is 0 Å². The number of rotatable bonds is 6. The van der Waals surface area contributed by atoms with Crippen molar-refractivity contribution in [3.05, 3.63) is 59.9 Å². The molecule has 0 saturated carbocycles. The van der Waals surface area contributed by atoms with Crippen LogP contribution < -0.4 is 15.2 Å². The van der Waals surface area contributed by atoms with Crippen LogP contribution in [-0.4, -0.2) is 13.2 Å². The van der Waals surface area contributed by atoms with Crippen molar-refractivity contribution in [3.63, 3.8) is 0 Å². The number of halogens is 1. The highest BCUT2D eigenvalue weighted by atomic mass is 19.1. The number of hydrogen-bond donors (Lipinski definition) is 1. The molecule has 1 unspecified atom stereocenters. The van der Waals surface area contributed by atoms with E-state index in [1.54, 1.807) is 12.1 Å². The summed E-state index contributed by atoms with van der Waals surface area (Å²) in [6, 6.07) is 13.5. The van der Waals surface area contributed by atoms with Gasteiger partial charge in [0.25, 0.3) is 0 Å². The third-order valence-electron chi connectivity index (χ3n) is 2.87. The molecule has 0 fully saturated rings. The van der Waals surface area contributed by atoms with Gasteiger partial charge in [0.2, 0.25) is 0 Å². The van der Waals surface area contributed by atoms with Gasteiger partial charge in [0.15, 0.2) is 0 Å². The Hall–Kier alpha value is -2.07. The molecule has 0 bridgehead atoms. The average molecular weight is 275 g/mol. The average Bonchev–Trinajstić information content (AvgIpc) is 2.48. The Bertz CT molecular complexity index is 525. The van der Waals surface area contributed by atoms with Gasteiger partial charge in [-0.15, -0.1) is 0 Å². The van der Waals surface area contributed by atoms with Gasteiger partial charge in [0.1, 0.15) is 23.4 Å². The van der Waals surface area contributed by atoms with Crippen LogP contribution in [0.5, 0.6) is 11.5 Å². The lowest BCUT2D eigenvalue weighted by molar-refractivity contribution is 0.213. The van der Waals surface area contributed by atoms with E-state index in [0.29, 0.717) is 18.9 Å². The highest BCUT2D eigenvalue weighted by Crippen LogP contribution is 2.24. The molecule has 2 N–H and O–H groups in total. The number of ether oxygens (including phenoxy) is 2. The molecule has 0 aliphatic heterocycles. The first-order valence-corrected chi connectivity index (χ1v) is 6.58. The monoisotopic (exact) mass is 275 g/mol. The smallest absolute Gasteiger partial charge is 0.136 e. The molecule has 0 aromatic heterocycles. The zero-order valence-electron chi connectivity index (χ0n) is 11.4. The predicted octanol–water partition coefficient (Wildman–Crippen LogP) is 3.30. The molecule has 0 aliphatic carbocycles.